The third-order valence-corrected chi connectivity index (χ3v) is 5.21. The third-order valence-electron chi connectivity index (χ3n) is 5.21. The number of esters is 1. The summed E-state index contributed by atoms with van der Waals surface area (Å²) in [5.74, 6) is -1.27. The Hall–Kier alpha value is -2.04. The quantitative estimate of drug-likeness (QED) is 0.557. The van der Waals surface area contributed by atoms with Crippen LogP contribution in [0.2, 0.25) is 0 Å². The molecule has 1 aromatic carbocycles. The number of carbonyl (C=O) groups excluding carboxylic acids is 2. The van der Waals surface area contributed by atoms with Gasteiger partial charge in [-0.3, -0.25) is 9.59 Å². The standard InChI is InChI=1S/C21H32N2O3/c1-4-23(5-2)18-14-12-17(13-15-18)22-20(24)19(21(25)26-6-3)16-10-8-7-9-11-16/h12-16,19H,4-11H2,1-3H3,(H,22,24). The normalized spacial score (nSPS) is 16.0. The summed E-state index contributed by atoms with van der Waals surface area (Å²) in [7, 11) is 0. The van der Waals surface area contributed by atoms with E-state index in [1.165, 1.54) is 6.42 Å². The number of ether oxygens (including phenoxy) is 1. The Morgan fingerprint density at radius 2 is 1.69 bits per heavy atom. The van der Waals surface area contributed by atoms with E-state index in [-0.39, 0.29) is 11.8 Å². The maximum Gasteiger partial charge on any atom is 0.318 e. The van der Waals surface area contributed by atoms with Gasteiger partial charge in [-0.1, -0.05) is 19.3 Å². The lowest BCUT2D eigenvalue weighted by molar-refractivity contribution is -0.153. The molecule has 1 aliphatic rings. The number of amides is 1. The molecule has 0 bridgehead atoms. The van der Waals surface area contributed by atoms with Crippen molar-refractivity contribution in [3.05, 3.63) is 24.3 Å². The van der Waals surface area contributed by atoms with Crippen LogP contribution in [0, 0.1) is 11.8 Å². The molecular formula is C21H32N2O3. The van der Waals surface area contributed by atoms with E-state index in [9.17, 15) is 9.59 Å². The molecule has 1 aromatic rings. The zero-order valence-electron chi connectivity index (χ0n) is 16.3. The summed E-state index contributed by atoms with van der Waals surface area (Å²) >= 11 is 0. The molecule has 144 valence electrons. The van der Waals surface area contributed by atoms with Crippen LogP contribution in [0.15, 0.2) is 24.3 Å². The Labute approximate surface area is 157 Å². The van der Waals surface area contributed by atoms with Crippen molar-refractivity contribution in [3.63, 3.8) is 0 Å². The number of hydrogen-bond donors (Lipinski definition) is 1. The highest BCUT2D eigenvalue weighted by Gasteiger charge is 2.36. The molecule has 5 heteroatoms. The van der Waals surface area contributed by atoms with Crippen molar-refractivity contribution in [2.24, 2.45) is 11.8 Å². The van der Waals surface area contributed by atoms with Gasteiger partial charge in [-0.05, 0) is 63.8 Å². The van der Waals surface area contributed by atoms with Crippen molar-refractivity contribution < 1.29 is 14.3 Å². The van der Waals surface area contributed by atoms with Crippen molar-refractivity contribution in [2.45, 2.75) is 52.9 Å². The van der Waals surface area contributed by atoms with Gasteiger partial charge in [0.15, 0.2) is 0 Å². The van der Waals surface area contributed by atoms with Crippen LogP contribution in [0.5, 0.6) is 0 Å². The molecule has 1 aliphatic carbocycles. The average molecular weight is 360 g/mol. The van der Waals surface area contributed by atoms with Crippen LogP contribution in [-0.4, -0.2) is 31.6 Å². The Bertz CT molecular complexity index is 575. The fourth-order valence-corrected chi connectivity index (χ4v) is 3.78. The number of benzene rings is 1. The van der Waals surface area contributed by atoms with Gasteiger partial charge < -0.3 is 15.0 Å². The number of carbonyl (C=O) groups is 2. The first-order chi connectivity index (χ1) is 12.6. The van der Waals surface area contributed by atoms with Gasteiger partial charge in [-0.2, -0.15) is 0 Å². The number of nitrogens with one attached hydrogen (secondary N) is 1. The largest absolute Gasteiger partial charge is 0.465 e. The molecule has 1 atom stereocenters. The van der Waals surface area contributed by atoms with Crippen molar-refractivity contribution in [1.82, 2.24) is 0 Å². The fraction of sp³-hybridized carbons (Fsp3) is 0.619. The molecule has 0 aliphatic heterocycles. The zero-order chi connectivity index (χ0) is 18.9. The molecule has 1 amide bonds. The Kier molecular flexibility index (Phi) is 7.95. The predicted octanol–water partition coefficient (Wildman–Crippen LogP) is 4.23. The molecule has 1 fully saturated rings. The van der Waals surface area contributed by atoms with Crippen LogP contribution >= 0.6 is 0 Å². The third kappa shape index (κ3) is 5.23. The summed E-state index contributed by atoms with van der Waals surface area (Å²) < 4.78 is 5.19. The van der Waals surface area contributed by atoms with Crippen LogP contribution in [0.3, 0.4) is 0 Å². The fourth-order valence-electron chi connectivity index (χ4n) is 3.78. The Balaban J connectivity index is 2.09. The van der Waals surface area contributed by atoms with Crippen LogP contribution < -0.4 is 10.2 Å². The lowest BCUT2D eigenvalue weighted by Crippen LogP contribution is -2.37. The number of nitrogens with zero attached hydrogens (tertiary/aromatic N) is 1. The molecule has 0 aromatic heterocycles. The minimum Gasteiger partial charge on any atom is -0.465 e. The maximum atomic E-state index is 12.8. The highest BCUT2D eigenvalue weighted by atomic mass is 16.5. The monoisotopic (exact) mass is 360 g/mol. The smallest absolute Gasteiger partial charge is 0.318 e. The van der Waals surface area contributed by atoms with E-state index in [1.54, 1.807) is 6.92 Å². The Morgan fingerprint density at radius 1 is 1.08 bits per heavy atom. The highest BCUT2D eigenvalue weighted by Crippen LogP contribution is 2.32. The van der Waals surface area contributed by atoms with E-state index in [0.29, 0.717) is 6.61 Å². The SMILES string of the molecule is CCOC(=O)C(C(=O)Nc1ccc(N(CC)CC)cc1)C1CCCCC1. The molecule has 0 saturated heterocycles. The molecule has 0 spiro atoms. The molecule has 0 radical (unpaired) electrons. The van der Waals surface area contributed by atoms with E-state index in [1.807, 2.05) is 24.3 Å². The van der Waals surface area contributed by atoms with E-state index in [0.717, 1.165) is 50.1 Å². The van der Waals surface area contributed by atoms with Gasteiger partial charge in [0.25, 0.3) is 0 Å². The van der Waals surface area contributed by atoms with E-state index < -0.39 is 11.9 Å². The first kappa shape index (κ1) is 20.3. The van der Waals surface area contributed by atoms with Gasteiger partial charge in [0, 0.05) is 24.5 Å². The minimum absolute atomic E-state index is 0.0812. The van der Waals surface area contributed by atoms with E-state index >= 15 is 0 Å². The minimum atomic E-state index is -0.710. The summed E-state index contributed by atoms with van der Waals surface area (Å²) in [5, 5.41) is 2.92. The van der Waals surface area contributed by atoms with Crippen LogP contribution in [0.1, 0.15) is 52.9 Å². The number of hydrogen-bond acceptors (Lipinski definition) is 4. The maximum absolute atomic E-state index is 12.8. The van der Waals surface area contributed by atoms with Crippen molar-refractivity contribution in [3.8, 4) is 0 Å². The second kappa shape index (κ2) is 10.2. The van der Waals surface area contributed by atoms with Gasteiger partial charge >= 0.3 is 5.97 Å². The van der Waals surface area contributed by atoms with Crippen molar-refractivity contribution >= 4 is 23.3 Å². The molecule has 5 nitrogen and oxygen atoms in total. The van der Waals surface area contributed by atoms with Crippen LogP contribution in [-0.2, 0) is 14.3 Å². The summed E-state index contributed by atoms with van der Waals surface area (Å²) in [4.78, 5) is 27.5. The first-order valence-corrected chi connectivity index (χ1v) is 9.93. The van der Waals surface area contributed by atoms with Crippen LogP contribution in [0.4, 0.5) is 11.4 Å². The second-order valence-corrected chi connectivity index (χ2v) is 6.84. The topological polar surface area (TPSA) is 58.6 Å². The van der Waals surface area contributed by atoms with Crippen LogP contribution in [0.25, 0.3) is 0 Å². The molecule has 1 saturated carbocycles. The lowest BCUT2D eigenvalue weighted by atomic mass is 9.79. The highest BCUT2D eigenvalue weighted by molar-refractivity contribution is 6.05. The van der Waals surface area contributed by atoms with Gasteiger partial charge in [0.05, 0.1) is 6.61 Å². The molecule has 2 rings (SSSR count). The summed E-state index contributed by atoms with van der Waals surface area (Å²) in [6.07, 6.45) is 5.16. The van der Waals surface area contributed by atoms with E-state index in [4.69, 9.17) is 4.74 Å². The van der Waals surface area contributed by atoms with Crippen molar-refractivity contribution in [1.29, 1.82) is 0 Å². The van der Waals surface area contributed by atoms with Gasteiger partial charge in [0.1, 0.15) is 5.92 Å². The van der Waals surface area contributed by atoms with Gasteiger partial charge in [0.2, 0.25) is 5.91 Å². The lowest BCUT2D eigenvalue weighted by Gasteiger charge is -2.28. The molecule has 1 N–H and O–H groups in total. The average Bonchev–Trinajstić information content (AvgIpc) is 2.65. The number of rotatable bonds is 8. The zero-order valence-corrected chi connectivity index (χ0v) is 16.3. The molecule has 1 unspecified atom stereocenters. The summed E-state index contributed by atoms with van der Waals surface area (Å²) in [5.41, 5.74) is 1.85. The van der Waals surface area contributed by atoms with E-state index in [2.05, 4.69) is 24.1 Å². The second-order valence-electron chi connectivity index (χ2n) is 6.84. The number of anilines is 2. The van der Waals surface area contributed by atoms with Gasteiger partial charge in [-0.15, -0.1) is 0 Å². The summed E-state index contributed by atoms with van der Waals surface area (Å²) in [6.45, 7) is 8.19. The molecular weight excluding hydrogens is 328 g/mol. The predicted molar refractivity (Wildman–Crippen MR) is 105 cm³/mol. The Morgan fingerprint density at radius 3 is 2.23 bits per heavy atom. The van der Waals surface area contributed by atoms with Gasteiger partial charge in [-0.25, -0.2) is 0 Å². The first-order valence-electron chi connectivity index (χ1n) is 9.93. The molecule has 26 heavy (non-hydrogen) atoms. The summed E-state index contributed by atoms with van der Waals surface area (Å²) in [6, 6.07) is 7.80. The van der Waals surface area contributed by atoms with Crippen molar-refractivity contribution in [2.75, 3.05) is 29.9 Å². The molecule has 0 heterocycles.